The van der Waals surface area contributed by atoms with Gasteiger partial charge in [0.25, 0.3) is 0 Å². The summed E-state index contributed by atoms with van der Waals surface area (Å²) in [6, 6.07) is 6.86. The van der Waals surface area contributed by atoms with E-state index in [0.29, 0.717) is 0 Å². The molecule has 0 spiro atoms. The molecule has 102 valence electrons. The van der Waals surface area contributed by atoms with Gasteiger partial charge in [-0.1, -0.05) is 36.2 Å². The van der Waals surface area contributed by atoms with Gasteiger partial charge in [-0.05, 0) is 53.3 Å². The SMILES string of the molecule is CCC(C)(C(N)Cc1cc(C)cc(C)c1)N(C)C. The number of nitrogens with two attached hydrogens (primary N) is 1. The van der Waals surface area contributed by atoms with Gasteiger partial charge in [0.2, 0.25) is 0 Å². The zero-order valence-electron chi connectivity index (χ0n) is 12.7. The summed E-state index contributed by atoms with van der Waals surface area (Å²) in [5.74, 6) is 0. The molecule has 0 saturated heterocycles. The molecule has 0 aromatic heterocycles. The van der Waals surface area contributed by atoms with Crippen LogP contribution in [0.2, 0.25) is 0 Å². The molecule has 1 aromatic rings. The Kier molecular flexibility index (Phi) is 4.94. The molecule has 2 N–H and O–H groups in total. The third-order valence-corrected chi connectivity index (χ3v) is 4.27. The van der Waals surface area contributed by atoms with Crippen LogP contribution in [-0.2, 0) is 6.42 Å². The smallest absolute Gasteiger partial charge is 0.0326 e. The molecule has 2 atom stereocenters. The fourth-order valence-corrected chi connectivity index (χ4v) is 2.57. The standard InChI is InChI=1S/C16H28N2/c1-7-16(4,18(5)6)15(17)11-14-9-12(2)8-13(3)10-14/h8-10,15H,7,11,17H2,1-6H3. The first kappa shape index (κ1) is 15.2. The Morgan fingerprint density at radius 2 is 1.67 bits per heavy atom. The van der Waals surface area contributed by atoms with Gasteiger partial charge < -0.3 is 10.6 Å². The molecule has 0 heterocycles. The predicted molar refractivity (Wildman–Crippen MR) is 80.0 cm³/mol. The summed E-state index contributed by atoms with van der Waals surface area (Å²) in [5, 5.41) is 0. The molecule has 0 radical (unpaired) electrons. The van der Waals surface area contributed by atoms with Gasteiger partial charge in [-0.3, -0.25) is 0 Å². The fraction of sp³-hybridized carbons (Fsp3) is 0.625. The maximum Gasteiger partial charge on any atom is 0.0326 e. The van der Waals surface area contributed by atoms with E-state index in [1.165, 1.54) is 16.7 Å². The highest BCUT2D eigenvalue weighted by Crippen LogP contribution is 2.23. The molecule has 0 aliphatic heterocycles. The highest BCUT2D eigenvalue weighted by Gasteiger charge is 2.32. The van der Waals surface area contributed by atoms with Crippen molar-refractivity contribution in [2.75, 3.05) is 14.1 Å². The Balaban J connectivity index is 2.89. The van der Waals surface area contributed by atoms with Crippen LogP contribution < -0.4 is 5.73 Å². The van der Waals surface area contributed by atoms with Crippen molar-refractivity contribution in [3.63, 3.8) is 0 Å². The van der Waals surface area contributed by atoms with Crippen molar-refractivity contribution in [2.45, 2.75) is 52.1 Å². The van der Waals surface area contributed by atoms with Crippen LogP contribution in [0.1, 0.15) is 37.0 Å². The third kappa shape index (κ3) is 3.33. The summed E-state index contributed by atoms with van der Waals surface area (Å²) in [6.45, 7) is 8.75. The highest BCUT2D eigenvalue weighted by molar-refractivity contribution is 5.29. The van der Waals surface area contributed by atoms with E-state index in [4.69, 9.17) is 5.73 Å². The Morgan fingerprint density at radius 1 is 1.17 bits per heavy atom. The average molecular weight is 248 g/mol. The van der Waals surface area contributed by atoms with Gasteiger partial charge in [0.15, 0.2) is 0 Å². The van der Waals surface area contributed by atoms with E-state index < -0.39 is 0 Å². The van der Waals surface area contributed by atoms with Gasteiger partial charge >= 0.3 is 0 Å². The molecule has 0 saturated carbocycles. The predicted octanol–water partition coefficient (Wildman–Crippen LogP) is 2.90. The summed E-state index contributed by atoms with van der Waals surface area (Å²) >= 11 is 0. The van der Waals surface area contributed by atoms with Crippen molar-refractivity contribution in [2.24, 2.45) is 5.73 Å². The van der Waals surface area contributed by atoms with E-state index in [9.17, 15) is 0 Å². The summed E-state index contributed by atoms with van der Waals surface area (Å²) < 4.78 is 0. The van der Waals surface area contributed by atoms with E-state index in [0.717, 1.165) is 12.8 Å². The van der Waals surface area contributed by atoms with Gasteiger partial charge in [-0.15, -0.1) is 0 Å². The summed E-state index contributed by atoms with van der Waals surface area (Å²) in [6.07, 6.45) is 2.00. The maximum atomic E-state index is 6.45. The van der Waals surface area contributed by atoms with Crippen LogP contribution in [0, 0.1) is 13.8 Å². The first-order valence-electron chi connectivity index (χ1n) is 6.79. The van der Waals surface area contributed by atoms with Crippen LogP contribution in [0.4, 0.5) is 0 Å². The van der Waals surface area contributed by atoms with Gasteiger partial charge in [0.1, 0.15) is 0 Å². The third-order valence-electron chi connectivity index (χ3n) is 4.27. The molecule has 2 unspecified atom stereocenters. The van der Waals surface area contributed by atoms with Crippen molar-refractivity contribution < 1.29 is 0 Å². The van der Waals surface area contributed by atoms with E-state index in [1.807, 2.05) is 0 Å². The van der Waals surface area contributed by atoms with E-state index in [2.05, 4.69) is 64.9 Å². The highest BCUT2D eigenvalue weighted by atomic mass is 15.2. The number of hydrogen-bond acceptors (Lipinski definition) is 2. The minimum absolute atomic E-state index is 0.0532. The number of rotatable bonds is 5. The van der Waals surface area contributed by atoms with Gasteiger partial charge in [0, 0.05) is 11.6 Å². The Labute approximate surface area is 112 Å². The molecule has 0 aliphatic rings. The van der Waals surface area contributed by atoms with E-state index in [1.54, 1.807) is 0 Å². The lowest BCUT2D eigenvalue weighted by molar-refractivity contribution is 0.131. The molecular formula is C16H28N2. The lowest BCUT2D eigenvalue weighted by atomic mass is 9.84. The van der Waals surface area contributed by atoms with Crippen LogP contribution in [0.25, 0.3) is 0 Å². The van der Waals surface area contributed by atoms with E-state index >= 15 is 0 Å². The first-order chi connectivity index (χ1) is 8.29. The van der Waals surface area contributed by atoms with Crippen molar-refractivity contribution in [1.82, 2.24) is 4.90 Å². The number of aryl methyl sites for hydroxylation is 2. The molecule has 1 rings (SSSR count). The maximum absolute atomic E-state index is 6.45. The summed E-state index contributed by atoms with van der Waals surface area (Å²) in [7, 11) is 4.23. The minimum atomic E-state index is 0.0532. The van der Waals surface area contributed by atoms with Crippen LogP contribution in [-0.4, -0.2) is 30.6 Å². The Morgan fingerprint density at radius 3 is 2.06 bits per heavy atom. The zero-order valence-corrected chi connectivity index (χ0v) is 12.7. The van der Waals surface area contributed by atoms with Gasteiger partial charge in [-0.25, -0.2) is 0 Å². The van der Waals surface area contributed by atoms with Crippen molar-refractivity contribution in [3.05, 3.63) is 34.9 Å². The molecule has 1 aromatic carbocycles. The fourth-order valence-electron chi connectivity index (χ4n) is 2.57. The lowest BCUT2D eigenvalue weighted by Crippen LogP contribution is -2.55. The lowest BCUT2D eigenvalue weighted by Gasteiger charge is -2.41. The Bertz CT molecular complexity index is 378. The summed E-state index contributed by atoms with van der Waals surface area (Å²) in [4.78, 5) is 2.25. The molecule has 0 amide bonds. The topological polar surface area (TPSA) is 29.3 Å². The van der Waals surface area contributed by atoms with Crippen LogP contribution in [0.3, 0.4) is 0 Å². The number of likely N-dealkylation sites (N-methyl/N-ethyl adjacent to an activating group) is 1. The number of nitrogens with zero attached hydrogens (tertiary/aromatic N) is 1. The van der Waals surface area contributed by atoms with Crippen LogP contribution in [0.5, 0.6) is 0 Å². The Hall–Kier alpha value is -0.860. The van der Waals surface area contributed by atoms with Crippen molar-refractivity contribution >= 4 is 0 Å². The van der Waals surface area contributed by atoms with Crippen LogP contribution in [0.15, 0.2) is 18.2 Å². The second kappa shape index (κ2) is 5.85. The molecule has 0 aliphatic carbocycles. The normalized spacial score (nSPS) is 16.7. The molecule has 2 nitrogen and oxygen atoms in total. The number of hydrogen-bond donors (Lipinski definition) is 1. The van der Waals surface area contributed by atoms with Crippen molar-refractivity contribution in [3.8, 4) is 0 Å². The minimum Gasteiger partial charge on any atom is -0.326 e. The van der Waals surface area contributed by atoms with Gasteiger partial charge in [-0.2, -0.15) is 0 Å². The molecular weight excluding hydrogens is 220 g/mol. The first-order valence-corrected chi connectivity index (χ1v) is 6.79. The molecule has 18 heavy (non-hydrogen) atoms. The second-order valence-corrected chi connectivity index (χ2v) is 5.91. The quantitative estimate of drug-likeness (QED) is 0.868. The average Bonchev–Trinajstić information content (AvgIpc) is 2.25. The molecule has 2 heteroatoms. The molecule has 0 fully saturated rings. The van der Waals surface area contributed by atoms with E-state index in [-0.39, 0.29) is 11.6 Å². The number of benzene rings is 1. The van der Waals surface area contributed by atoms with Gasteiger partial charge in [0.05, 0.1) is 0 Å². The monoisotopic (exact) mass is 248 g/mol. The van der Waals surface area contributed by atoms with Crippen molar-refractivity contribution in [1.29, 1.82) is 0 Å². The summed E-state index contributed by atoms with van der Waals surface area (Å²) in [5.41, 5.74) is 10.5. The van der Waals surface area contributed by atoms with Crippen LogP contribution >= 0.6 is 0 Å². The molecule has 0 bridgehead atoms. The second-order valence-electron chi connectivity index (χ2n) is 5.91. The zero-order chi connectivity index (χ0) is 13.9. The largest absolute Gasteiger partial charge is 0.326 e.